The number of rotatable bonds is 11. The number of nitrogens with zero attached hydrogens (tertiary/aromatic N) is 1. The Morgan fingerprint density at radius 3 is 2.18 bits per heavy atom. The number of hydrogen-bond donors (Lipinski definition) is 2. The number of guanidine groups is 1. The second-order valence-electron chi connectivity index (χ2n) is 7.21. The Kier molecular flexibility index (Phi) is 8.70. The van der Waals surface area contributed by atoms with Crippen molar-refractivity contribution in [2.45, 2.75) is 32.1 Å². The predicted molar refractivity (Wildman–Crippen MR) is 112 cm³/mol. The van der Waals surface area contributed by atoms with Crippen molar-refractivity contribution in [3.63, 3.8) is 0 Å². The van der Waals surface area contributed by atoms with Crippen LogP contribution in [0.1, 0.15) is 31.2 Å². The molecule has 0 saturated heterocycles. The molecule has 1 aliphatic rings. The first-order valence-corrected chi connectivity index (χ1v) is 9.83. The largest absolute Gasteiger partial charge is 0.496 e. The molecule has 0 radical (unpaired) electrons. The van der Waals surface area contributed by atoms with E-state index in [4.69, 9.17) is 18.9 Å². The van der Waals surface area contributed by atoms with Gasteiger partial charge in [-0.1, -0.05) is 6.42 Å². The van der Waals surface area contributed by atoms with Crippen molar-refractivity contribution in [1.29, 1.82) is 0 Å². The molecular weight excluding hydrogens is 358 g/mol. The number of methoxy groups -OCH3 is 4. The van der Waals surface area contributed by atoms with Crippen LogP contribution in [0.25, 0.3) is 0 Å². The van der Waals surface area contributed by atoms with Crippen molar-refractivity contribution in [3.05, 3.63) is 17.7 Å². The predicted octanol–water partition coefficient (Wildman–Crippen LogP) is 2.63. The molecule has 1 aromatic rings. The van der Waals surface area contributed by atoms with Crippen LogP contribution in [0.4, 0.5) is 0 Å². The highest BCUT2D eigenvalue weighted by atomic mass is 16.5. The number of hydrogen-bond acceptors (Lipinski definition) is 5. The normalized spacial score (nSPS) is 15.5. The molecule has 158 valence electrons. The second-order valence-corrected chi connectivity index (χ2v) is 7.21. The summed E-state index contributed by atoms with van der Waals surface area (Å²) in [6, 6.07) is 3.75. The Balaban J connectivity index is 1.90. The van der Waals surface area contributed by atoms with Gasteiger partial charge in [-0.2, -0.15) is 0 Å². The maximum Gasteiger partial charge on any atom is 0.191 e. The zero-order valence-electron chi connectivity index (χ0n) is 17.9. The van der Waals surface area contributed by atoms with Crippen LogP contribution in [-0.2, 0) is 11.2 Å². The van der Waals surface area contributed by atoms with Crippen LogP contribution in [0.2, 0.25) is 0 Å². The zero-order valence-corrected chi connectivity index (χ0v) is 17.9. The summed E-state index contributed by atoms with van der Waals surface area (Å²) in [5, 5.41) is 6.87. The van der Waals surface area contributed by atoms with E-state index in [0.29, 0.717) is 17.7 Å². The summed E-state index contributed by atoms with van der Waals surface area (Å²) in [7, 11) is 8.51. The first-order chi connectivity index (χ1) is 13.6. The van der Waals surface area contributed by atoms with E-state index in [1.807, 2.05) is 12.1 Å². The van der Waals surface area contributed by atoms with Gasteiger partial charge in [-0.25, -0.2) is 0 Å². The molecule has 1 fully saturated rings. The minimum atomic E-state index is 0.343. The van der Waals surface area contributed by atoms with Gasteiger partial charge in [0.15, 0.2) is 5.96 Å². The van der Waals surface area contributed by atoms with Crippen LogP contribution in [0.5, 0.6) is 17.2 Å². The monoisotopic (exact) mass is 393 g/mol. The zero-order chi connectivity index (χ0) is 20.4. The molecule has 1 aliphatic carbocycles. The van der Waals surface area contributed by atoms with E-state index in [-0.39, 0.29) is 0 Å². The maximum absolute atomic E-state index is 5.52. The Labute approximate surface area is 168 Å². The molecule has 0 atom stereocenters. The molecular formula is C21H35N3O4. The van der Waals surface area contributed by atoms with Crippen molar-refractivity contribution in [2.24, 2.45) is 10.4 Å². The quantitative estimate of drug-likeness (QED) is 0.445. The van der Waals surface area contributed by atoms with Crippen molar-refractivity contribution >= 4 is 5.96 Å². The van der Waals surface area contributed by atoms with Crippen LogP contribution in [0.15, 0.2) is 17.1 Å². The first-order valence-electron chi connectivity index (χ1n) is 9.83. The van der Waals surface area contributed by atoms with Gasteiger partial charge in [-0.15, -0.1) is 0 Å². The van der Waals surface area contributed by atoms with E-state index in [1.54, 1.807) is 35.5 Å². The second kappa shape index (κ2) is 11.0. The van der Waals surface area contributed by atoms with Gasteiger partial charge >= 0.3 is 0 Å². The lowest BCUT2D eigenvalue weighted by Crippen LogP contribution is -2.47. The van der Waals surface area contributed by atoms with Gasteiger partial charge in [0.2, 0.25) is 0 Å². The molecule has 0 bridgehead atoms. The Morgan fingerprint density at radius 1 is 1.04 bits per heavy atom. The molecule has 7 heteroatoms. The van der Waals surface area contributed by atoms with Gasteiger partial charge in [0.05, 0.1) is 21.3 Å². The van der Waals surface area contributed by atoms with Gasteiger partial charge in [-0.05, 0) is 31.1 Å². The fourth-order valence-corrected chi connectivity index (χ4v) is 3.63. The summed E-state index contributed by atoms with van der Waals surface area (Å²) < 4.78 is 21.6. The Morgan fingerprint density at radius 2 is 1.71 bits per heavy atom. The third-order valence-corrected chi connectivity index (χ3v) is 5.59. The highest BCUT2D eigenvalue weighted by molar-refractivity contribution is 5.79. The molecule has 0 amide bonds. The summed E-state index contributed by atoms with van der Waals surface area (Å²) in [5.41, 5.74) is 1.35. The molecule has 1 aromatic carbocycles. The molecule has 2 rings (SSSR count). The summed E-state index contributed by atoms with van der Waals surface area (Å²) in [6.45, 7) is 2.44. The average Bonchev–Trinajstić information content (AvgIpc) is 2.70. The molecule has 0 unspecified atom stereocenters. The van der Waals surface area contributed by atoms with Crippen molar-refractivity contribution in [1.82, 2.24) is 10.6 Å². The molecule has 0 aromatic heterocycles. The molecule has 28 heavy (non-hydrogen) atoms. The average molecular weight is 394 g/mol. The topological polar surface area (TPSA) is 73.3 Å². The molecule has 0 spiro atoms. The fourth-order valence-electron chi connectivity index (χ4n) is 3.63. The van der Waals surface area contributed by atoms with Gasteiger partial charge in [-0.3, -0.25) is 4.99 Å². The van der Waals surface area contributed by atoms with Crippen LogP contribution < -0.4 is 24.8 Å². The van der Waals surface area contributed by atoms with Crippen molar-refractivity contribution < 1.29 is 18.9 Å². The van der Waals surface area contributed by atoms with E-state index in [1.165, 1.54) is 19.3 Å². The van der Waals surface area contributed by atoms with Crippen LogP contribution in [-0.4, -0.2) is 61.1 Å². The Hall–Kier alpha value is -2.15. The number of aliphatic imine (C=N–C) groups is 1. The van der Waals surface area contributed by atoms with Gasteiger partial charge < -0.3 is 29.6 Å². The van der Waals surface area contributed by atoms with Gasteiger partial charge in [0, 0.05) is 51.6 Å². The van der Waals surface area contributed by atoms with Crippen molar-refractivity contribution in [2.75, 3.05) is 55.2 Å². The minimum Gasteiger partial charge on any atom is -0.496 e. The minimum absolute atomic E-state index is 0.343. The third kappa shape index (κ3) is 5.67. The van der Waals surface area contributed by atoms with Crippen LogP contribution in [0.3, 0.4) is 0 Å². The van der Waals surface area contributed by atoms with E-state index in [2.05, 4.69) is 15.6 Å². The van der Waals surface area contributed by atoms with E-state index < -0.39 is 0 Å². The SMILES string of the molecule is CN=C(NCCc1c(OC)cc(OC)cc1OC)NCC1(CCOC)CCC1. The highest BCUT2D eigenvalue weighted by Crippen LogP contribution is 2.43. The third-order valence-electron chi connectivity index (χ3n) is 5.59. The summed E-state index contributed by atoms with van der Waals surface area (Å²) in [4.78, 5) is 4.35. The first kappa shape index (κ1) is 22.1. The summed E-state index contributed by atoms with van der Waals surface area (Å²) in [5.74, 6) is 3.04. The van der Waals surface area contributed by atoms with E-state index in [0.717, 1.165) is 49.0 Å². The standard InChI is InChI=1S/C21H35N3O4/c1-22-20(24-15-21(8-6-9-21)10-12-25-2)23-11-7-17-18(27-4)13-16(26-3)14-19(17)28-5/h13-14H,6-12,15H2,1-5H3,(H2,22,23,24). The number of benzene rings is 1. The maximum atomic E-state index is 5.52. The fraction of sp³-hybridized carbons (Fsp3) is 0.667. The molecule has 2 N–H and O–H groups in total. The van der Waals surface area contributed by atoms with Gasteiger partial charge in [0.1, 0.15) is 17.2 Å². The lowest BCUT2D eigenvalue weighted by atomic mass is 9.67. The van der Waals surface area contributed by atoms with Crippen molar-refractivity contribution in [3.8, 4) is 17.2 Å². The van der Waals surface area contributed by atoms with Crippen LogP contribution in [0, 0.1) is 5.41 Å². The van der Waals surface area contributed by atoms with Crippen LogP contribution >= 0.6 is 0 Å². The summed E-state index contributed by atoms with van der Waals surface area (Å²) in [6.07, 6.45) is 5.63. The molecule has 0 aliphatic heterocycles. The number of nitrogens with one attached hydrogen (secondary N) is 2. The summed E-state index contributed by atoms with van der Waals surface area (Å²) >= 11 is 0. The smallest absolute Gasteiger partial charge is 0.191 e. The highest BCUT2D eigenvalue weighted by Gasteiger charge is 2.36. The van der Waals surface area contributed by atoms with E-state index >= 15 is 0 Å². The lowest BCUT2D eigenvalue weighted by Gasteiger charge is -2.42. The Bertz CT molecular complexity index is 620. The number of ether oxygens (including phenoxy) is 4. The molecule has 7 nitrogen and oxygen atoms in total. The van der Waals surface area contributed by atoms with Gasteiger partial charge in [0.25, 0.3) is 0 Å². The lowest BCUT2D eigenvalue weighted by molar-refractivity contribution is 0.0732. The molecule has 0 heterocycles. The van der Waals surface area contributed by atoms with E-state index in [9.17, 15) is 0 Å². The molecule has 1 saturated carbocycles.